The molecule has 5 rings (SSSR count). The number of benzene rings is 3. The number of alkyl halides is 3. The molecular weight excluding hydrogens is 523 g/mol. The van der Waals surface area contributed by atoms with Crippen LogP contribution in [0.5, 0.6) is 17.2 Å². The standard InChI is InChI=1S/C30H32F3N3O4/c1-38-27-11-9-22(18-28(27)39-2)34-29(37)24-17-20-16-21(30(31,32)33)8-10-25(20)36-13-12-35(19-26(24)36)14-15-40-23-6-4-3-5-7-23/h3-11,16,18,24,26H,12-15,17,19H2,1-2H3,(H,34,37). The van der Waals surface area contributed by atoms with Crippen molar-refractivity contribution in [2.75, 3.05) is 57.2 Å². The molecular formula is C30H32F3N3O4. The zero-order valence-electron chi connectivity index (χ0n) is 22.4. The van der Waals surface area contributed by atoms with Crippen LogP contribution in [0.3, 0.4) is 0 Å². The molecule has 212 valence electrons. The van der Waals surface area contributed by atoms with Crippen LogP contribution in [0.4, 0.5) is 24.5 Å². The average Bonchev–Trinajstić information content (AvgIpc) is 2.96. The number of carbonyl (C=O) groups excluding carboxylic acids is 1. The predicted octanol–water partition coefficient (Wildman–Crippen LogP) is 5.10. The fraction of sp³-hybridized carbons (Fsp3) is 0.367. The summed E-state index contributed by atoms with van der Waals surface area (Å²) in [6, 6.07) is 18.3. The number of piperazine rings is 1. The maximum atomic E-state index is 13.7. The molecule has 2 unspecified atom stereocenters. The van der Waals surface area contributed by atoms with E-state index in [1.165, 1.54) is 20.3 Å². The minimum Gasteiger partial charge on any atom is -0.493 e. The highest BCUT2D eigenvalue weighted by atomic mass is 19.4. The summed E-state index contributed by atoms with van der Waals surface area (Å²) < 4.78 is 57.1. The number of amides is 1. The third-order valence-electron chi connectivity index (χ3n) is 7.53. The fourth-order valence-electron chi connectivity index (χ4n) is 5.52. The summed E-state index contributed by atoms with van der Waals surface area (Å²) in [6.07, 6.45) is -4.26. The van der Waals surface area contributed by atoms with Gasteiger partial charge in [0.25, 0.3) is 0 Å². The summed E-state index contributed by atoms with van der Waals surface area (Å²) in [4.78, 5) is 18.0. The zero-order valence-corrected chi connectivity index (χ0v) is 22.4. The third kappa shape index (κ3) is 5.96. The van der Waals surface area contributed by atoms with Crippen LogP contribution in [0.15, 0.2) is 66.7 Å². The van der Waals surface area contributed by atoms with Crippen LogP contribution in [-0.2, 0) is 17.4 Å². The smallest absolute Gasteiger partial charge is 0.416 e. The van der Waals surface area contributed by atoms with Gasteiger partial charge in [0.2, 0.25) is 5.91 Å². The summed E-state index contributed by atoms with van der Waals surface area (Å²) in [5.74, 6) is 0.960. The number of rotatable bonds is 8. The monoisotopic (exact) mass is 555 g/mol. The van der Waals surface area contributed by atoms with Gasteiger partial charge in [-0.05, 0) is 54.4 Å². The van der Waals surface area contributed by atoms with Crippen LogP contribution in [0, 0.1) is 5.92 Å². The van der Waals surface area contributed by atoms with Crippen molar-refractivity contribution in [2.45, 2.75) is 18.6 Å². The van der Waals surface area contributed by atoms with Gasteiger partial charge < -0.3 is 24.4 Å². The molecule has 7 nitrogen and oxygen atoms in total. The lowest BCUT2D eigenvalue weighted by Gasteiger charge is -2.49. The molecule has 3 aromatic carbocycles. The summed E-state index contributed by atoms with van der Waals surface area (Å²) in [5, 5.41) is 2.96. The molecule has 2 heterocycles. The van der Waals surface area contributed by atoms with E-state index in [2.05, 4.69) is 15.1 Å². The maximum absolute atomic E-state index is 13.7. The molecule has 2 aliphatic heterocycles. The number of hydrogen-bond acceptors (Lipinski definition) is 6. The number of fused-ring (bicyclic) bond motifs is 3. The number of anilines is 2. The summed E-state index contributed by atoms with van der Waals surface area (Å²) in [5.41, 5.74) is 1.10. The van der Waals surface area contributed by atoms with Crippen molar-refractivity contribution in [1.29, 1.82) is 0 Å². The molecule has 1 amide bonds. The second-order valence-electron chi connectivity index (χ2n) is 9.93. The van der Waals surface area contributed by atoms with Crippen LogP contribution < -0.4 is 24.4 Å². The van der Waals surface area contributed by atoms with E-state index in [4.69, 9.17) is 14.2 Å². The Bertz CT molecular complexity index is 1340. The molecule has 0 saturated carbocycles. The highest BCUT2D eigenvalue weighted by molar-refractivity contribution is 5.94. The number of methoxy groups -OCH3 is 2. The number of hydrogen-bond donors (Lipinski definition) is 1. The maximum Gasteiger partial charge on any atom is 0.416 e. The normalized spacial score (nSPS) is 18.9. The van der Waals surface area contributed by atoms with Crippen molar-refractivity contribution in [3.8, 4) is 17.2 Å². The summed E-state index contributed by atoms with van der Waals surface area (Å²) >= 11 is 0. The Morgan fingerprint density at radius 1 is 0.975 bits per heavy atom. The first kappa shape index (κ1) is 27.6. The van der Waals surface area contributed by atoms with Gasteiger partial charge in [-0.1, -0.05) is 18.2 Å². The lowest BCUT2D eigenvalue weighted by Crippen LogP contribution is -2.60. The van der Waals surface area contributed by atoms with Gasteiger partial charge in [0.05, 0.1) is 31.7 Å². The lowest BCUT2D eigenvalue weighted by atomic mass is 9.82. The Morgan fingerprint density at radius 2 is 1.75 bits per heavy atom. The number of nitrogens with one attached hydrogen (secondary N) is 1. The van der Waals surface area contributed by atoms with Crippen LogP contribution in [-0.4, -0.2) is 63.9 Å². The largest absolute Gasteiger partial charge is 0.493 e. The molecule has 10 heteroatoms. The van der Waals surface area contributed by atoms with E-state index < -0.39 is 17.7 Å². The Kier molecular flexibility index (Phi) is 8.07. The van der Waals surface area contributed by atoms with Crippen molar-refractivity contribution in [3.05, 3.63) is 77.9 Å². The first-order valence-electron chi connectivity index (χ1n) is 13.2. The van der Waals surface area contributed by atoms with E-state index >= 15 is 0 Å². The van der Waals surface area contributed by atoms with Gasteiger partial charge in [-0.3, -0.25) is 9.69 Å². The van der Waals surface area contributed by atoms with Gasteiger partial charge in [-0.2, -0.15) is 13.2 Å². The molecule has 0 bridgehead atoms. The highest BCUT2D eigenvalue weighted by Crippen LogP contribution is 2.40. The molecule has 1 fully saturated rings. The van der Waals surface area contributed by atoms with Crippen LogP contribution in [0.25, 0.3) is 0 Å². The molecule has 0 radical (unpaired) electrons. The van der Waals surface area contributed by atoms with E-state index in [0.717, 1.165) is 17.5 Å². The Hall–Kier alpha value is -3.92. The van der Waals surface area contributed by atoms with E-state index in [0.29, 0.717) is 55.5 Å². The molecule has 0 aliphatic carbocycles. The topological polar surface area (TPSA) is 63.3 Å². The van der Waals surface area contributed by atoms with Crippen LogP contribution in [0.2, 0.25) is 0 Å². The average molecular weight is 556 g/mol. The van der Waals surface area contributed by atoms with Crippen molar-refractivity contribution in [2.24, 2.45) is 5.92 Å². The molecule has 0 aromatic heterocycles. The third-order valence-corrected chi connectivity index (χ3v) is 7.53. The number of halogens is 3. The van der Waals surface area contributed by atoms with E-state index in [1.807, 2.05) is 30.3 Å². The van der Waals surface area contributed by atoms with Gasteiger partial charge in [0.1, 0.15) is 12.4 Å². The van der Waals surface area contributed by atoms with Gasteiger partial charge in [-0.15, -0.1) is 0 Å². The SMILES string of the molecule is COc1ccc(NC(=O)C2Cc3cc(C(F)(F)F)ccc3N3CCN(CCOc4ccccc4)CC23)cc1OC. The predicted molar refractivity (Wildman–Crippen MR) is 146 cm³/mol. The van der Waals surface area contributed by atoms with Gasteiger partial charge in [0.15, 0.2) is 11.5 Å². The second kappa shape index (κ2) is 11.7. The van der Waals surface area contributed by atoms with Crippen molar-refractivity contribution < 1.29 is 32.2 Å². The number of nitrogens with zero attached hydrogens (tertiary/aromatic N) is 2. The first-order valence-corrected chi connectivity index (χ1v) is 13.2. The first-order chi connectivity index (χ1) is 19.3. The van der Waals surface area contributed by atoms with Crippen molar-refractivity contribution in [3.63, 3.8) is 0 Å². The fourth-order valence-corrected chi connectivity index (χ4v) is 5.52. The molecule has 1 N–H and O–H groups in total. The summed E-state index contributed by atoms with van der Waals surface area (Å²) in [7, 11) is 3.04. The quantitative estimate of drug-likeness (QED) is 0.417. The van der Waals surface area contributed by atoms with E-state index in [1.54, 1.807) is 24.3 Å². The molecule has 1 saturated heterocycles. The Labute approximate surface area is 231 Å². The number of carbonyl (C=O) groups is 1. The number of ether oxygens (including phenoxy) is 3. The van der Waals surface area contributed by atoms with Crippen molar-refractivity contribution in [1.82, 2.24) is 4.90 Å². The van der Waals surface area contributed by atoms with Gasteiger partial charge in [-0.25, -0.2) is 0 Å². The lowest BCUT2D eigenvalue weighted by molar-refractivity contribution is -0.137. The number of para-hydroxylation sites is 1. The minimum absolute atomic E-state index is 0.202. The molecule has 2 aliphatic rings. The van der Waals surface area contributed by atoms with Crippen molar-refractivity contribution >= 4 is 17.3 Å². The highest BCUT2D eigenvalue weighted by Gasteiger charge is 2.42. The second-order valence-corrected chi connectivity index (χ2v) is 9.93. The van der Waals surface area contributed by atoms with Crippen LogP contribution in [0.1, 0.15) is 11.1 Å². The van der Waals surface area contributed by atoms with Gasteiger partial charge in [0, 0.05) is 43.6 Å². The Balaban J connectivity index is 1.37. The van der Waals surface area contributed by atoms with Crippen LogP contribution >= 0.6 is 0 Å². The minimum atomic E-state index is -4.46. The van der Waals surface area contributed by atoms with Gasteiger partial charge >= 0.3 is 6.18 Å². The molecule has 2 atom stereocenters. The Morgan fingerprint density at radius 3 is 2.48 bits per heavy atom. The molecule has 0 spiro atoms. The zero-order chi connectivity index (χ0) is 28.3. The molecule has 40 heavy (non-hydrogen) atoms. The molecule has 3 aromatic rings. The summed E-state index contributed by atoms with van der Waals surface area (Å²) in [6.45, 7) is 3.05. The van der Waals surface area contributed by atoms with E-state index in [9.17, 15) is 18.0 Å². The van der Waals surface area contributed by atoms with E-state index in [-0.39, 0.29) is 18.4 Å².